The Morgan fingerprint density at radius 3 is 2.48 bits per heavy atom. The summed E-state index contributed by atoms with van der Waals surface area (Å²) in [5.74, 6) is 0.674. The van der Waals surface area contributed by atoms with Gasteiger partial charge in [0.25, 0.3) is 5.91 Å². The van der Waals surface area contributed by atoms with Crippen molar-refractivity contribution >= 4 is 73.4 Å². The molecule has 0 saturated carbocycles. The molecular weight excluding hydrogens is 619 g/mol. The summed E-state index contributed by atoms with van der Waals surface area (Å²) in [5.41, 5.74) is 2.76. The van der Waals surface area contributed by atoms with Crippen molar-refractivity contribution in [2.24, 2.45) is 0 Å². The van der Waals surface area contributed by atoms with E-state index in [2.05, 4.69) is 49.9 Å². The van der Waals surface area contributed by atoms with Gasteiger partial charge in [-0.1, -0.05) is 39.7 Å². The molecule has 0 aliphatic rings. The lowest BCUT2D eigenvalue weighted by molar-refractivity contribution is -0.118. The van der Waals surface area contributed by atoms with E-state index in [1.807, 2.05) is 37.3 Å². The fraction of sp³-hybridized carbons (Fsp3) is 0.120. The van der Waals surface area contributed by atoms with Crippen LogP contribution in [0.15, 0.2) is 65.1 Å². The van der Waals surface area contributed by atoms with Crippen molar-refractivity contribution < 1.29 is 14.3 Å². The number of carbonyl (C=O) groups is 1. The Morgan fingerprint density at radius 1 is 1.15 bits per heavy atom. The average molecular weight is 638 g/mol. The number of nitrogens with one attached hydrogen (secondary N) is 1. The van der Waals surface area contributed by atoms with E-state index in [9.17, 15) is 10.1 Å². The highest BCUT2D eigenvalue weighted by molar-refractivity contribution is 14.1. The van der Waals surface area contributed by atoms with Crippen molar-refractivity contribution in [2.75, 3.05) is 18.5 Å². The minimum atomic E-state index is -0.304. The predicted molar refractivity (Wildman–Crippen MR) is 144 cm³/mol. The quantitative estimate of drug-likeness (QED) is 0.161. The number of benzene rings is 3. The van der Waals surface area contributed by atoms with E-state index in [-0.39, 0.29) is 12.5 Å². The van der Waals surface area contributed by atoms with Crippen molar-refractivity contribution in [3.05, 3.63) is 84.9 Å². The number of allylic oxidation sites excluding steroid dienone is 1. The summed E-state index contributed by atoms with van der Waals surface area (Å²) in [6.07, 6.45) is 1.80. The summed E-state index contributed by atoms with van der Waals surface area (Å²) in [6.45, 7) is 2.11. The first-order chi connectivity index (χ1) is 15.9. The Balaban J connectivity index is 1.80. The second-order valence-electron chi connectivity index (χ2n) is 6.78. The molecule has 0 aliphatic carbocycles. The van der Waals surface area contributed by atoms with Gasteiger partial charge in [0, 0.05) is 15.2 Å². The molecule has 0 bridgehead atoms. The first-order valence-corrected chi connectivity index (χ1v) is 12.2. The van der Waals surface area contributed by atoms with E-state index in [4.69, 9.17) is 21.1 Å². The largest absolute Gasteiger partial charge is 0.490 e. The Morgan fingerprint density at radius 2 is 1.85 bits per heavy atom. The first kappa shape index (κ1) is 25.1. The highest BCUT2D eigenvalue weighted by atomic mass is 127. The molecule has 0 unspecified atom stereocenters. The van der Waals surface area contributed by atoms with Crippen molar-refractivity contribution in [3.8, 4) is 17.6 Å². The Bertz CT molecular complexity index is 1210. The van der Waals surface area contributed by atoms with Crippen LogP contribution in [0.5, 0.6) is 11.5 Å². The number of nitriles is 1. The van der Waals surface area contributed by atoms with Gasteiger partial charge in [0.05, 0.1) is 21.8 Å². The van der Waals surface area contributed by atoms with E-state index in [0.717, 1.165) is 19.2 Å². The zero-order valence-corrected chi connectivity index (χ0v) is 22.1. The molecule has 3 rings (SSSR count). The van der Waals surface area contributed by atoms with Gasteiger partial charge in [-0.25, -0.2) is 0 Å². The summed E-state index contributed by atoms with van der Waals surface area (Å²) < 4.78 is 13.3. The molecule has 1 amide bonds. The summed E-state index contributed by atoms with van der Waals surface area (Å²) in [7, 11) is 0. The SMILES string of the molecule is CCOc1cc(/C=C(\C#N)c2ccc(Br)cc2)cc(I)c1OCC(=O)Nc1ccc(Cl)cc1. The second-order valence-corrected chi connectivity index (χ2v) is 9.30. The minimum Gasteiger partial charge on any atom is -0.490 e. The number of halogens is 3. The fourth-order valence-corrected chi connectivity index (χ4v) is 4.09. The van der Waals surface area contributed by atoms with Gasteiger partial charge < -0.3 is 14.8 Å². The smallest absolute Gasteiger partial charge is 0.262 e. The molecule has 3 aromatic rings. The number of ether oxygens (including phenoxy) is 2. The predicted octanol–water partition coefficient (Wildman–Crippen LogP) is 7.19. The van der Waals surface area contributed by atoms with E-state index in [1.54, 1.807) is 36.4 Å². The van der Waals surface area contributed by atoms with Crippen LogP contribution in [0, 0.1) is 14.9 Å². The van der Waals surface area contributed by atoms with Gasteiger partial charge in [-0.3, -0.25) is 4.79 Å². The van der Waals surface area contributed by atoms with Gasteiger partial charge >= 0.3 is 0 Å². The van der Waals surface area contributed by atoms with Crippen molar-refractivity contribution in [2.45, 2.75) is 6.92 Å². The van der Waals surface area contributed by atoms with Crippen molar-refractivity contribution in [1.29, 1.82) is 5.26 Å². The van der Waals surface area contributed by atoms with Gasteiger partial charge in [-0.15, -0.1) is 0 Å². The maximum atomic E-state index is 12.3. The number of carbonyl (C=O) groups excluding carboxylic acids is 1. The van der Waals surface area contributed by atoms with Gasteiger partial charge in [-0.05, 0) is 95.2 Å². The first-order valence-electron chi connectivity index (χ1n) is 9.92. The Kier molecular flexibility index (Phi) is 9.18. The molecule has 1 N–H and O–H groups in total. The molecule has 0 spiro atoms. The van der Waals surface area contributed by atoms with Gasteiger partial charge in [0.15, 0.2) is 18.1 Å². The fourth-order valence-electron chi connectivity index (χ4n) is 2.92. The van der Waals surface area contributed by atoms with Crippen LogP contribution in [-0.4, -0.2) is 19.1 Å². The van der Waals surface area contributed by atoms with Crippen LogP contribution in [0.3, 0.4) is 0 Å². The molecule has 168 valence electrons. The number of rotatable bonds is 8. The van der Waals surface area contributed by atoms with Crippen LogP contribution in [0.1, 0.15) is 18.1 Å². The molecule has 0 radical (unpaired) electrons. The number of amides is 1. The summed E-state index contributed by atoms with van der Waals surface area (Å²) in [6, 6.07) is 20.3. The molecule has 0 aromatic heterocycles. The third-order valence-electron chi connectivity index (χ3n) is 4.39. The minimum absolute atomic E-state index is 0.184. The Hall–Kier alpha value is -2.54. The molecule has 3 aromatic carbocycles. The normalized spacial score (nSPS) is 10.9. The number of nitrogens with zero attached hydrogens (tertiary/aromatic N) is 1. The molecule has 5 nitrogen and oxygen atoms in total. The lowest BCUT2D eigenvalue weighted by Crippen LogP contribution is -2.20. The van der Waals surface area contributed by atoms with Crippen LogP contribution >= 0.6 is 50.1 Å². The van der Waals surface area contributed by atoms with E-state index in [1.165, 1.54) is 0 Å². The Labute approximate surface area is 219 Å². The maximum Gasteiger partial charge on any atom is 0.262 e. The molecule has 0 aliphatic heterocycles. The highest BCUT2D eigenvalue weighted by Crippen LogP contribution is 2.35. The van der Waals surface area contributed by atoms with Gasteiger partial charge in [0.2, 0.25) is 0 Å². The van der Waals surface area contributed by atoms with Crippen LogP contribution in [-0.2, 0) is 4.79 Å². The molecule has 0 atom stereocenters. The number of hydrogen-bond donors (Lipinski definition) is 1. The molecule has 0 saturated heterocycles. The molecule has 8 heteroatoms. The van der Waals surface area contributed by atoms with Crippen molar-refractivity contribution in [1.82, 2.24) is 0 Å². The maximum absolute atomic E-state index is 12.3. The summed E-state index contributed by atoms with van der Waals surface area (Å²) >= 11 is 11.4. The number of anilines is 1. The lowest BCUT2D eigenvalue weighted by Gasteiger charge is -2.15. The van der Waals surface area contributed by atoms with Crippen LogP contribution in [0.25, 0.3) is 11.6 Å². The topological polar surface area (TPSA) is 71.3 Å². The summed E-state index contributed by atoms with van der Waals surface area (Å²) in [4.78, 5) is 12.3. The highest BCUT2D eigenvalue weighted by Gasteiger charge is 2.14. The van der Waals surface area contributed by atoms with E-state index >= 15 is 0 Å². The zero-order chi connectivity index (χ0) is 23.8. The van der Waals surface area contributed by atoms with Gasteiger partial charge in [-0.2, -0.15) is 5.26 Å². The monoisotopic (exact) mass is 636 g/mol. The van der Waals surface area contributed by atoms with Crippen LogP contribution in [0.4, 0.5) is 5.69 Å². The summed E-state index contributed by atoms with van der Waals surface area (Å²) in [5, 5.41) is 13.0. The number of hydrogen-bond acceptors (Lipinski definition) is 4. The molecule has 33 heavy (non-hydrogen) atoms. The third kappa shape index (κ3) is 7.22. The zero-order valence-electron chi connectivity index (χ0n) is 17.6. The van der Waals surface area contributed by atoms with E-state index in [0.29, 0.717) is 34.4 Å². The standard InChI is InChI=1S/C25H19BrClIN2O3/c1-2-32-23-13-16(11-18(14-29)17-3-5-19(26)6-4-17)12-22(28)25(23)33-15-24(31)30-21-9-7-20(27)8-10-21/h3-13H,2,15H2,1H3,(H,30,31)/b18-11+. The molecule has 0 fully saturated rings. The molecular formula is C25H19BrClIN2O3. The van der Waals surface area contributed by atoms with Crippen LogP contribution in [0.2, 0.25) is 5.02 Å². The third-order valence-corrected chi connectivity index (χ3v) is 5.98. The second kappa shape index (κ2) is 12.1. The van der Waals surface area contributed by atoms with Gasteiger partial charge in [0.1, 0.15) is 0 Å². The molecule has 0 heterocycles. The van der Waals surface area contributed by atoms with E-state index < -0.39 is 0 Å². The lowest BCUT2D eigenvalue weighted by atomic mass is 10.0. The average Bonchev–Trinajstić information content (AvgIpc) is 2.79. The van der Waals surface area contributed by atoms with Crippen molar-refractivity contribution in [3.63, 3.8) is 0 Å². The van der Waals surface area contributed by atoms with Crippen LogP contribution < -0.4 is 14.8 Å².